The summed E-state index contributed by atoms with van der Waals surface area (Å²) in [6, 6.07) is 0. The molecule has 0 saturated heterocycles. The maximum Gasteiger partial charge on any atom is 0.219 e. The van der Waals surface area contributed by atoms with Gasteiger partial charge in [0.05, 0.1) is 0 Å². The highest BCUT2D eigenvalue weighted by Crippen LogP contribution is 2.16. The van der Waals surface area contributed by atoms with Crippen molar-refractivity contribution in [3.8, 4) is 0 Å². The number of carbonyl (C=O) groups excluding carboxylic acids is 1. The Morgan fingerprint density at radius 3 is 2.90 bits per heavy atom. The Hall–Kier alpha value is -0.0600. The molecule has 10 heavy (non-hydrogen) atoms. The zero-order chi connectivity index (χ0) is 7.56. The van der Waals surface area contributed by atoms with Crippen LogP contribution in [0.1, 0.15) is 12.8 Å². The number of hydrogen-bond donors (Lipinski definition) is 0. The van der Waals surface area contributed by atoms with E-state index in [-0.39, 0.29) is 3.79 Å². The average molecular weight is 251 g/mol. The Balaban J connectivity index is 2.66. The van der Waals surface area contributed by atoms with Crippen LogP contribution in [0.2, 0.25) is 0 Å². The van der Waals surface area contributed by atoms with Crippen LogP contribution in [0.3, 0.4) is 0 Å². The summed E-state index contributed by atoms with van der Waals surface area (Å²) in [4.78, 5) is 12.9. The van der Waals surface area contributed by atoms with Crippen molar-refractivity contribution in [1.29, 1.82) is 0 Å². The molecule has 0 unspecified atom stereocenters. The molecule has 56 valence electrons. The monoisotopic (exact) mass is 251 g/mol. The minimum Gasteiger partial charge on any atom is -0.380 e. The van der Waals surface area contributed by atoms with E-state index in [0.29, 0.717) is 0 Å². The second kappa shape index (κ2) is 3.37. The quantitative estimate of drug-likeness (QED) is 0.520. The predicted molar refractivity (Wildman–Crippen MR) is 49.0 cm³/mol. The van der Waals surface area contributed by atoms with Gasteiger partial charge in [-0.3, -0.25) is 4.79 Å². The van der Waals surface area contributed by atoms with E-state index in [4.69, 9.17) is 0 Å². The second-order valence-corrected chi connectivity index (χ2v) is 3.49. The highest BCUT2D eigenvalue weighted by Gasteiger charge is 2.10. The predicted octanol–water partition coefficient (Wildman–Crippen LogP) is 1.56. The maximum absolute atomic E-state index is 10.8. The Kier molecular flexibility index (Phi) is 2.71. The molecule has 0 atom stereocenters. The van der Waals surface area contributed by atoms with Crippen molar-refractivity contribution in [3.05, 3.63) is 11.8 Å². The first-order valence-electron chi connectivity index (χ1n) is 3.31. The van der Waals surface area contributed by atoms with Crippen LogP contribution in [0.4, 0.5) is 0 Å². The summed E-state index contributed by atoms with van der Waals surface area (Å²) >= 11 is 1.84. The highest BCUT2D eigenvalue weighted by molar-refractivity contribution is 14.1. The normalized spacial score (nSPS) is 18.6. The van der Waals surface area contributed by atoms with Gasteiger partial charge in [0.25, 0.3) is 0 Å². The number of hydrogen-bond acceptors (Lipinski definition) is 2. The van der Waals surface area contributed by atoms with Gasteiger partial charge >= 0.3 is 0 Å². The Bertz CT molecular complexity index is 176. The van der Waals surface area contributed by atoms with Gasteiger partial charge in [0.2, 0.25) is 3.79 Å². The lowest BCUT2D eigenvalue weighted by atomic mass is 10.1. The molecule has 0 aromatic heterocycles. The van der Waals surface area contributed by atoms with E-state index in [0.717, 1.165) is 25.0 Å². The zero-order valence-electron chi connectivity index (χ0n) is 5.93. The summed E-state index contributed by atoms with van der Waals surface area (Å²) in [7, 11) is 2.00. The van der Waals surface area contributed by atoms with Crippen molar-refractivity contribution in [3.63, 3.8) is 0 Å². The number of nitrogens with zero attached hydrogens (tertiary/aromatic N) is 1. The molecule has 1 heterocycles. The van der Waals surface area contributed by atoms with Gasteiger partial charge in [-0.25, -0.2) is 0 Å². The molecule has 1 aliphatic rings. The lowest BCUT2D eigenvalue weighted by Crippen LogP contribution is -2.19. The molecule has 0 aromatic rings. The van der Waals surface area contributed by atoms with Crippen molar-refractivity contribution >= 4 is 26.4 Å². The molecular formula is C7H10INO. The molecule has 0 spiro atoms. The minimum atomic E-state index is 0.184. The summed E-state index contributed by atoms with van der Waals surface area (Å²) in [5.41, 5.74) is 0.953. The van der Waals surface area contributed by atoms with Crippen molar-refractivity contribution in [2.24, 2.45) is 0 Å². The van der Waals surface area contributed by atoms with Gasteiger partial charge in [0, 0.05) is 48.0 Å². The van der Waals surface area contributed by atoms with Gasteiger partial charge in [-0.1, -0.05) is 0 Å². The van der Waals surface area contributed by atoms with Gasteiger partial charge in [-0.05, 0) is 12.8 Å². The molecule has 3 heteroatoms. The molecule has 0 fully saturated rings. The first-order chi connectivity index (χ1) is 4.70. The van der Waals surface area contributed by atoms with Crippen LogP contribution in [0.15, 0.2) is 11.8 Å². The molecule has 0 saturated carbocycles. The van der Waals surface area contributed by atoms with Crippen molar-refractivity contribution in [1.82, 2.24) is 4.90 Å². The zero-order valence-corrected chi connectivity index (χ0v) is 8.09. The molecule has 1 aliphatic heterocycles. The molecule has 0 amide bonds. The molecule has 1 rings (SSSR count). The number of halogens is 1. The first-order valence-corrected chi connectivity index (χ1v) is 4.39. The standard InChI is InChI=1S/C7H10INO/c1-9-4-2-3-6(5-9)7(8)10/h5H,2-4H2,1H3. The topological polar surface area (TPSA) is 20.3 Å². The summed E-state index contributed by atoms with van der Waals surface area (Å²) in [6.45, 7) is 1.08. The lowest BCUT2D eigenvalue weighted by molar-refractivity contribution is -0.106. The largest absolute Gasteiger partial charge is 0.380 e. The third kappa shape index (κ3) is 1.97. The van der Waals surface area contributed by atoms with Gasteiger partial charge < -0.3 is 4.90 Å². The van der Waals surface area contributed by atoms with Crippen molar-refractivity contribution in [2.75, 3.05) is 13.6 Å². The van der Waals surface area contributed by atoms with Gasteiger partial charge in [0.1, 0.15) is 0 Å². The third-order valence-corrected chi connectivity index (χ3v) is 2.28. The molecule has 2 nitrogen and oxygen atoms in total. The minimum absolute atomic E-state index is 0.184. The van der Waals surface area contributed by atoms with Crippen molar-refractivity contribution < 1.29 is 4.79 Å². The van der Waals surface area contributed by atoms with E-state index in [1.165, 1.54) is 0 Å². The second-order valence-electron chi connectivity index (χ2n) is 2.51. The van der Waals surface area contributed by atoms with Gasteiger partial charge in [-0.2, -0.15) is 0 Å². The molecular weight excluding hydrogens is 241 g/mol. The molecule has 0 N–H and O–H groups in total. The fourth-order valence-electron chi connectivity index (χ4n) is 1.06. The lowest BCUT2D eigenvalue weighted by Gasteiger charge is -2.20. The maximum atomic E-state index is 10.8. The van der Waals surface area contributed by atoms with Crippen molar-refractivity contribution in [2.45, 2.75) is 12.8 Å². The van der Waals surface area contributed by atoms with Gasteiger partial charge in [-0.15, -0.1) is 0 Å². The van der Waals surface area contributed by atoms with Crippen LogP contribution in [0.25, 0.3) is 0 Å². The van der Waals surface area contributed by atoms with Crippen LogP contribution in [0.5, 0.6) is 0 Å². The summed E-state index contributed by atoms with van der Waals surface area (Å²) < 4.78 is 0.184. The Labute approximate surface area is 74.4 Å². The molecule has 0 aliphatic carbocycles. The van der Waals surface area contributed by atoms with Crippen LogP contribution >= 0.6 is 22.6 Å². The SMILES string of the molecule is CN1C=C(C(=O)I)CCC1. The van der Waals surface area contributed by atoms with Crippen LogP contribution in [-0.2, 0) is 4.79 Å². The molecule has 0 bridgehead atoms. The number of allylic oxidation sites excluding steroid dienone is 1. The highest BCUT2D eigenvalue weighted by atomic mass is 127. The fraction of sp³-hybridized carbons (Fsp3) is 0.571. The average Bonchev–Trinajstić information content (AvgIpc) is 1.88. The Morgan fingerprint density at radius 2 is 2.50 bits per heavy atom. The summed E-state index contributed by atoms with van der Waals surface area (Å²) in [5, 5.41) is 0. The van der Waals surface area contributed by atoms with E-state index >= 15 is 0 Å². The van der Waals surface area contributed by atoms with E-state index in [9.17, 15) is 4.79 Å². The Morgan fingerprint density at radius 1 is 1.80 bits per heavy atom. The summed E-state index contributed by atoms with van der Waals surface area (Å²) in [5.74, 6) is 0. The van der Waals surface area contributed by atoms with E-state index < -0.39 is 0 Å². The van der Waals surface area contributed by atoms with Gasteiger partial charge in [0.15, 0.2) is 0 Å². The van der Waals surface area contributed by atoms with E-state index in [1.807, 2.05) is 35.8 Å². The van der Waals surface area contributed by atoms with E-state index in [2.05, 4.69) is 4.90 Å². The van der Waals surface area contributed by atoms with E-state index in [1.54, 1.807) is 0 Å². The number of rotatable bonds is 1. The fourth-order valence-corrected chi connectivity index (χ4v) is 1.47. The number of carbonyl (C=O) groups is 1. The smallest absolute Gasteiger partial charge is 0.219 e. The van der Waals surface area contributed by atoms with Crippen LogP contribution in [0, 0.1) is 0 Å². The van der Waals surface area contributed by atoms with Crippen LogP contribution < -0.4 is 0 Å². The first kappa shape index (κ1) is 8.04. The molecule has 0 aromatic carbocycles. The molecule has 0 radical (unpaired) electrons. The van der Waals surface area contributed by atoms with Crippen LogP contribution in [-0.4, -0.2) is 22.3 Å². The third-order valence-electron chi connectivity index (χ3n) is 1.59. The summed E-state index contributed by atoms with van der Waals surface area (Å²) in [6.07, 6.45) is 4.00.